The van der Waals surface area contributed by atoms with Gasteiger partial charge in [0.2, 0.25) is 0 Å². The minimum atomic E-state index is -0.392. The van der Waals surface area contributed by atoms with Crippen LogP contribution in [0.2, 0.25) is 0 Å². The van der Waals surface area contributed by atoms with E-state index in [-0.39, 0.29) is 11.1 Å². The molecule has 0 spiro atoms. The number of nitro groups is 1. The maximum Gasteiger partial charge on any atom is 0.295 e. The molecule has 1 N–H and O–H groups in total. The molecule has 0 radical (unpaired) electrons. The fourth-order valence-corrected chi connectivity index (χ4v) is 1.99. The van der Waals surface area contributed by atoms with Gasteiger partial charge in [-0.15, -0.1) is 0 Å². The SMILES string of the molecule is CC(C)C(C)(C)CNc1ccnc2c([N+](=O)[O-])cccc12. The van der Waals surface area contributed by atoms with Gasteiger partial charge in [-0.2, -0.15) is 0 Å². The summed E-state index contributed by atoms with van der Waals surface area (Å²) in [5, 5.41) is 15.3. The molecular weight excluding hydrogens is 266 g/mol. The Labute approximate surface area is 124 Å². The van der Waals surface area contributed by atoms with E-state index in [9.17, 15) is 10.1 Å². The highest BCUT2D eigenvalue weighted by Gasteiger charge is 2.22. The molecule has 5 nitrogen and oxygen atoms in total. The summed E-state index contributed by atoms with van der Waals surface area (Å²) < 4.78 is 0. The van der Waals surface area contributed by atoms with Crippen LogP contribution in [0.5, 0.6) is 0 Å². The predicted octanol–water partition coefficient (Wildman–Crippen LogP) is 4.24. The molecule has 112 valence electrons. The number of nitro benzene ring substituents is 1. The number of benzene rings is 1. The largest absolute Gasteiger partial charge is 0.384 e. The maximum absolute atomic E-state index is 11.1. The molecule has 5 heteroatoms. The smallest absolute Gasteiger partial charge is 0.295 e. The van der Waals surface area contributed by atoms with Crippen molar-refractivity contribution in [3.8, 4) is 0 Å². The minimum Gasteiger partial charge on any atom is -0.384 e. The second-order valence-corrected chi connectivity index (χ2v) is 6.29. The predicted molar refractivity (Wildman–Crippen MR) is 85.5 cm³/mol. The van der Waals surface area contributed by atoms with Gasteiger partial charge in [0, 0.05) is 29.9 Å². The molecule has 0 amide bonds. The summed E-state index contributed by atoms with van der Waals surface area (Å²) in [5.74, 6) is 0.535. The first-order valence-corrected chi connectivity index (χ1v) is 7.09. The normalized spacial score (nSPS) is 11.9. The number of fused-ring (bicyclic) bond motifs is 1. The van der Waals surface area contributed by atoms with Crippen LogP contribution in [0.3, 0.4) is 0 Å². The topological polar surface area (TPSA) is 68.1 Å². The van der Waals surface area contributed by atoms with E-state index in [2.05, 4.69) is 38.0 Å². The Balaban J connectivity index is 2.38. The van der Waals surface area contributed by atoms with Crippen LogP contribution in [0.15, 0.2) is 30.5 Å². The van der Waals surface area contributed by atoms with Crippen molar-refractivity contribution in [3.05, 3.63) is 40.6 Å². The van der Waals surface area contributed by atoms with E-state index >= 15 is 0 Å². The third-order valence-corrected chi connectivity index (χ3v) is 4.24. The van der Waals surface area contributed by atoms with Gasteiger partial charge in [0.15, 0.2) is 0 Å². The summed E-state index contributed by atoms with van der Waals surface area (Å²) in [5.41, 5.74) is 1.49. The summed E-state index contributed by atoms with van der Waals surface area (Å²) in [4.78, 5) is 14.8. The van der Waals surface area contributed by atoms with Gasteiger partial charge in [-0.1, -0.05) is 39.8 Å². The van der Waals surface area contributed by atoms with Crippen molar-refractivity contribution in [3.63, 3.8) is 0 Å². The summed E-state index contributed by atoms with van der Waals surface area (Å²) >= 11 is 0. The molecule has 0 saturated carbocycles. The molecule has 0 aliphatic carbocycles. The van der Waals surface area contributed by atoms with E-state index in [1.165, 1.54) is 6.07 Å². The van der Waals surface area contributed by atoms with Gasteiger partial charge >= 0.3 is 0 Å². The first-order valence-electron chi connectivity index (χ1n) is 7.09. The van der Waals surface area contributed by atoms with Crippen molar-refractivity contribution in [1.82, 2.24) is 4.98 Å². The molecule has 21 heavy (non-hydrogen) atoms. The lowest BCUT2D eigenvalue weighted by molar-refractivity contribution is -0.383. The van der Waals surface area contributed by atoms with Crippen LogP contribution in [0.25, 0.3) is 10.9 Å². The minimum absolute atomic E-state index is 0.0410. The van der Waals surface area contributed by atoms with Gasteiger partial charge in [-0.25, -0.2) is 4.98 Å². The Morgan fingerprint density at radius 1 is 1.33 bits per heavy atom. The third-order valence-electron chi connectivity index (χ3n) is 4.24. The van der Waals surface area contributed by atoms with E-state index < -0.39 is 4.92 Å². The average molecular weight is 287 g/mol. The van der Waals surface area contributed by atoms with Crippen molar-refractivity contribution >= 4 is 22.3 Å². The average Bonchev–Trinajstić information content (AvgIpc) is 2.44. The lowest BCUT2D eigenvalue weighted by Gasteiger charge is -2.30. The van der Waals surface area contributed by atoms with Gasteiger partial charge in [0.05, 0.1) is 4.92 Å². The van der Waals surface area contributed by atoms with E-state index in [4.69, 9.17) is 0 Å². The quantitative estimate of drug-likeness (QED) is 0.659. The van der Waals surface area contributed by atoms with Crippen molar-refractivity contribution < 1.29 is 4.92 Å². The molecule has 1 aromatic carbocycles. The maximum atomic E-state index is 11.1. The number of rotatable bonds is 5. The Morgan fingerprint density at radius 3 is 2.67 bits per heavy atom. The molecule has 0 bridgehead atoms. The number of anilines is 1. The van der Waals surface area contributed by atoms with Crippen LogP contribution in [0.1, 0.15) is 27.7 Å². The molecule has 1 heterocycles. The van der Waals surface area contributed by atoms with Gasteiger partial charge in [-0.05, 0) is 17.4 Å². The Bertz CT molecular complexity index is 666. The van der Waals surface area contributed by atoms with Gasteiger partial charge in [0.1, 0.15) is 5.52 Å². The van der Waals surface area contributed by atoms with E-state index in [0.717, 1.165) is 17.6 Å². The van der Waals surface area contributed by atoms with Gasteiger partial charge < -0.3 is 5.32 Å². The molecule has 1 aromatic heterocycles. The zero-order chi connectivity index (χ0) is 15.6. The highest BCUT2D eigenvalue weighted by molar-refractivity contribution is 5.96. The molecule has 0 fully saturated rings. The highest BCUT2D eigenvalue weighted by Crippen LogP contribution is 2.31. The number of pyridine rings is 1. The lowest BCUT2D eigenvalue weighted by atomic mass is 9.81. The summed E-state index contributed by atoms with van der Waals surface area (Å²) in [6.07, 6.45) is 1.61. The van der Waals surface area contributed by atoms with Gasteiger partial charge in [-0.3, -0.25) is 10.1 Å². The fourth-order valence-electron chi connectivity index (χ4n) is 1.99. The molecule has 0 aliphatic heterocycles. The third kappa shape index (κ3) is 3.12. The molecule has 2 rings (SSSR count). The molecule has 0 unspecified atom stereocenters. The number of nitrogens with one attached hydrogen (secondary N) is 1. The molecule has 0 aliphatic rings. The first kappa shape index (κ1) is 15.2. The number of hydrogen-bond donors (Lipinski definition) is 1. The first-order chi connectivity index (χ1) is 9.83. The zero-order valence-electron chi connectivity index (χ0n) is 12.9. The number of para-hydroxylation sites is 1. The summed E-state index contributed by atoms with van der Waals surface area (Å²) in [6, 6.07) is 6.90. The van der Waals surface area contributed by atoms with Crippen LogP contribution >= 0.6 is 0 Å². The van der Waals surface area contributed by atoms with Crippen molar-refractivity contribution in [2.45, 2.75) is 27.7 Å². The van der Waals surface area contributed by atoms with Gasteiger partial charge in [0.25, 0.3) is 5.69 Å². The number of nitrogens with zero attached hydrogens (tertiary/aromatic N) is 2. The summed E-state index contributed by atoms with van der Waals surface area (Å²) in [6.45, 7) is 9.59. The van der Waals surface area contributed by atoms with Crippen LogP contribution in [-0.4, -0.2) is 16.5 Å². The van der Waals surface area contributed by atoms with Crippen LogP contribution < -0.4 is 5.32 Å². The monoisotopic (exact) mass is 287 g/mol. The molecular formula is C16H21N3O2. The van der Waals surface area contributed by atoms with Crippen LogP contribution in [-0.2, 0) is 0 Å². The fraction of sp³-hybridized carbons (Fsp3) is 0.438. The van der Waals surface area contributed by atoms with E-state index in [0.29, 0.717) is 11.4 Å². The van der Waals surface area contributed by atoms with Crippen molar-refractivity contribution in [2.24, 2.45) is 11.3 Å². The standard InChI is InChI=1S/C16H21N3O2/c1-11(2)16(3,4)10-18-13-8-9-17-15-12(13)6-5-7-14(15)19(20)21/h5-9,11H,10H2,1-4H3,(H,17,18). The number of non-ortho nitro benzene ring substituents is 1. The van der Waals surface area contributed by atoms with Crippen LogP contribution in [0, 0.1) is 21.4 Å². The number of hydrogen-bond acceptors (Lipinski definition) is 4. The Morgan fingerprint density at radius 2 is 2.05 bits per heavy atom. The molecule has 2 aromatic rings. The second kappa shape index (κ2) is 5.68. The van der Waals surface area contributed by atoms with E-state index in [1.807, 2.05) is 12.1 Å². The highest BCUT2D eigenvalue weighted by atomic mass is 16.6. The number of aromatic nitrogens is 1. The van der Waals surface area contributed by atoms with E-state index in [1.54, 1.807) is 12.3 Å². The second-order valence-electron chi connectivity index (χ2n) is 6.29. The Hall–Kier alpha value is -2.17. The van der Waals surface area contributed by atoms with Crippen molar-refractivity contribution in [1.29, 1.82) is 0 Å². The molecule has 0 saturated heterocycles. The Kier molecular flexibility index (Phi) is 4.11. The zero-order valence-corrected chi connectivity index (χ0v) is 12.9. The van der Waals surface area contributed by atoms with Crippen LogP contribution in [0.4, 0.5) is 11.4 Å². The molecule has 0 atom stereocenters. The van der Waals surface area contributed by atoms with Crippen molar-refractivity contribution in [2.75, 3.05) is 11.9 Å². The lowest BCUT2D eigenvalue weighted by Crippen LogP contribution is -2.28. The summed E-state index contributed by atoms with van der Waals surface area (Å²) in [7, 11) is 0.